The van der Waals surface area contributed by atoms with Crippen molar-refractivity contribution < 1.29 is 64.3 Å². The van der Waals surface area contributed by atoms with Crippen molar-refractivity contribution in [1.82, 2.24) is 0 Å². The third-order valence-electron chi connectivity index (χ3n) is 3.35. The van der Waals surface area contributed by atoms with Crippen LogP contribution in [0.5, 0.6) is 0 Å². The largest absolute Gasteiger partial charge is 1.00 e. The van der Waals surface area contributed by atoms with Gasteiger partial charge in [-0.3, -0.25) is 0 Å². The van der Waals surface area contributed by atoms with E-state index in [0.717, 1.165) is 16.5 Å². The first-order valence-electron chi connectivity index (χ1n) is 6.53. The number of fused-ring (bicyclic) bond motifs is 1. The summed E-state index contributed by atoms with van der Waals surface area (Å²) in [5.74, 6) is 0. The van der Waals surface area contributed by atoms with Crippen LogP contribution in [0.1, 0.15) is 6.92 Å². The quantitative estimate of drug-likeness (QED) is 0.758. The SMILES string of the molecule is C=C(CN(CC)c1cccc2ccccc12)[B-](F)(F)F.[K+]. The van der Waals surface area contributed by atoms with Crippen molar-refractivity contribution in [3.05, 3.63) is 54.5 Å². The molecule has 0 aliphatic heterocycles. The van der Waals surface area contributed by atoms with Crippen molar-refractivity contribution >= 4 is 23.4 Å². The van der Waals surface area contributed by atoms with Crippen molar-refractivity contribution in [3.8, 4) is 0 Å². The van der Waals surface area contributed by atoms with Gasteiger partial charge in [-0.2, -0.15) is 0 Å². The van der Waals surface area contributed by atoms with Crippen LogP contribution >= 0.6 is 0 Å². The first-order chi connectivity index (χ1) is 9.43. The Hall–Kier alpha value is -0.269. The zero-order chi connectivity index (χ0) is 14.8. The molecular weight excluding hydrogens is 301 g/mol. The Morgan fingerprint density at radius 2 is 1.71 bits per heavy atom. The zero-order valence-electron chi connectivity index (χ0n) is 12.3. The van der Waals surface area contributed by atoms with Crippen LogP contribution in [0.4, 0.5) is 18.6 Å². The van der Waals surface area contributed by atoms with Gasteiger partial charge in [-0.1, -0.05) is 36.4 Å². The van der Waals surface area contributed by atoms with Crippen LogP contribution in [-0.2, 0) is 0 Å². The molecule has 0 amide bonds. The molecule has 0 atom stereocenters. The van der Waals surface area contributed by atoms with E-state index in [9.17, 15) is 12.9 Å². The molecular formula is C15H16BF3KN. The minimum Gasteiger partial charge on any atom is -0.445 e. The summed E-state index contributed by atoms with van der Waals surface area (Å²) in [4.78, 5) is 1.71. The smallest absolute Gasteiger partial charge is 0.445 e. The molecule has 0 N–H and O–H groups in total. The Balaban J connectivity index is 0.00000220. The van der Waals surface area contributed by atoms with E-state index in [1.165, 1.54) is 0 Å². The van der Waals surface area contributed by atoms with E-state index in [1.54, 1.807) is 4.90 Å². The summed E-state index contributed by atoms with van der Waals surface area (Å²) in [6.07, 6.45) is 0. The Kier molecular flexibility index (Phi) is 7.00. The first-order valence-corrected chi connectivity index (χ1v) is 6.53. The van der Waals surface area contributed by atoms with E-state index in [0.29, 0.717) is 6.54 Å². The van der Waals surface area contributed by atoms with Gasteiger partial charge < -0.3 is 17.8 Å². The first kappa shape index (κ1) is 18.8. The average Bonchev–Trinajstić information content (AvgIpc) is 2.43. The van der Waals surface area contributed by atoms with E-state index in [-0.39, 0.29) is 57.9 Å². The molecule has 0 aliphatic rings. The molecule has 0 bridgehead atoms. The Morgan fingerprint density at radius 3 is 2.33 bits per heavy atom. The third-order valence-corrected chi connectivity index (χ3v) is 3.35. The number of benzene rings is 2. The van der Waals surface area contributed by atoms with Gasteiger partial charge in [0, 0.05) is 24.2 Å². The van der Waals surface area contributed by atoms with Crippen LogP contribution in [-0.4, -0.2) is 20.1 Å². The van der Waals surface area contributed by atoms with Gasteiger partial charge in [0.2, 0.25) is 0 Å². The molecule has 6 heteroatoms. The van der Waals surface area contributed by atoms with E-state index in [1.807, 2.05) is 49.4 Å². The maximum absolute atomic E-state index is 12.7. The molecule has 0 unspecified atom stereocenters. The summed E-state index contributed by atoms with van der Waals surface area (Å²) in [6, 6.07) is 13.4. The summed E-state index contributed by atoms with van der Waals surface area (Å²) in [5.41, 5.74) is 0.145. The molecule has 2 aromatic carbocycles. The molecule has 0 radical (unpaired) electrons. The monoisotopic (exact) mass is 317 g/mol. The molecule has 0 spiro atoms. The second-order valence-electron chi connectivity index (χ2n) is 4.75. The summed E-state index contributed by atoms with van der Waals surface area (Å²) < 4.78 is 38.1. The van der Waals surface area contributed by atoms with E-state index in [2.05, 4.69) is 6.58 Å². The maximum Gasteiger partial charge on any atom is 1.00 e. The van der Waals surface area contributed by atoms with Crippen LogP contribution in [0.25, 0.3) is 10.8 Å². The normalized spacial score (nSPS) is 11.0. The van der Waals surface area contributed by atoms with Crippen LogP contribution in [0.2, 0.25) is 0 Å². The predicted octanol–water partition coefficient (Wildman–Crippen LogP) is 1.61. The van der Waals surface area contributed by atoms with Gasteiger partial charge in [-0.15, -0.1) is 12.1 Å². The topological polar surface area (TPSA) is 3.24 Å². The minimum absolute atomic E-state index is 0. The molecule has 0 aromatic heterocycles. The molecule has 2 rings (SSSR count). The standard InChI is InChI=1S/C15H16BF3N.K/c1-3-20(11-12(2)16(17,18)19)15-10-6-8-13-7-4-5-9-14(13)15;/h4-10H,2-3,11H2,1H3;/q-1;+1. The van der Waals surface area contributed by atoms with Gasteiger partial charge in [0.05, 0.1) is 0 Å². The van der Waals surface area contributed by atoms with Gasteiger partial charge in [-0.05, 0) is 18.4 Å². The summed E-state index contributed by atoms with van der Waals surface area (Å²) in [7, 11) is 0. The summed E-state index contributed by atoms with van der Waals surface area (Å²) in [5, 5.41) is 1.98. The molecule has 21 heavy (non-hydrogen) atoms. The fourth-order valence-corrected chi connectivity index (χ4v) is 2.20. The summed E-state index contributed by atoms with van der Waals surface area (Å²) in [6.45, 7) is 0.347. The van der Waals surface area contributed by atoms with Crippen molar-refractivity contribution in [2.75, 3.05) is 18.0 Å². The van der Waals surface area contributed by atoms with E-state index >= 15 is 0 Å². The van der Waals surface area contributed by atoms with Crippen molar-refractivity contribution in [2.45, 2.75) is 6.92 Å². The molecule has 0 heterocycles. The number of hydrogen-bond acceptors (Lipinski definition) is 1. The molecule has 106 valence electrons. The molecule has 2 aromatic rings. The van der Waals surface area contributed by atoms with E-state index < -0.39 is 12.4 Å². The van der Waals surface area contributed by atoms with Crippen LogP contribution in [0, 0.1) is 0 Å². The molecule has 0 fully saturated rings. The number of rotatable bonds is 5. The fraction of sp³-hybridized carbons (Fsp3) is 0.200. The van der Waals surface area contributed by atoms with Crippen molar-refractivity contribution in [3.63, 3.8) is 0 Å². The minimum atomic E-state index is -4.99. The fourth-order valence-electron chi connectivity index (χ4n) is 2.20. The maximum atomic E-state index is 12.7. The van der Waals surface area contributed by atoms with Gasteiger partial charge in [0.1, 0.15) is 0 Å². The molecule has 0 saturated heterocycles. The Bertz CT molecular complexity index is 622. The average molecular weight is 317 g/mol. The van der Waals surface area contributed by atoms with Crippen LogP contribution < -0.4 is 56.3 Å². The molecule has 0 saturated carbocycles. The third kappa shape index (κ3) is 4.60. The number of anilines is 1. The van der Waals surface area contributed by atoms with Gasteiger partial charge in [0.25, 0.3) is 0 Å². The number of likely N-dealkylation sites (N-methyl/N-ethyl adjacent to an activating group) is 1. The second kappa shape index (κ2) is 7.83. The van der Waals surface area contributed by atoms with Gasteiger partial charge in [0.15, 0.2) is 0 Å². The predicted molar refractivity (Wildman–Crippen MR) is 80.1 cm³/mol. The Morgan fingerprint density at radius 1 is 1.10 bits per heavy atom. The van der Waals surface area contributed by atoms with Crippen LogP contribution in [0.3, 0.4) is 0 Å². The summed E-state index contributed by atoms with van der Waals surface area (Å²) >= 11 is 0. The zero-order valence-corrected chi connectivity index (χ0v) is 15.4. The van der Waals surface area contributed by atoms with Crippen molar-refractivity contribution in [2.24, 2.45) is 0 Å². The number of hydrogen-bond donors (Lipinski definition) is 0. The van der Waals surface area contributed by atoms with Gasteiger partial charge >= 0.3 is 58.4 Å². The second-order valence-corrected chi connectivity index (χ2v) is 4.75. The number of halogens is 3. The number of nitrogens with zero attached hydrogens (tertiary/aromatic N) is 1. The molecule has 0 aliphatic carbocycles. The Labute approximate surface area is 165 Å². The van der Waals surface area contributed by atoms with Crippen LogP contribution in [0.15, 0.2) is 54.5 Å². The van der Waals surface area contributed by atoms with Gasteiger partial charge in [-0.25, -0.2) is 0 Å². The van der Waals surface area contributed by atoms with E-state index in [4.69, 9.17) is 0 Å². The van der Waals surface area contributed by atoms with Crippen molar-refractivity contribution in [1.29, 1.82) is 0 Å². The molecule has 1 nitrogen and oxygen atoms in total.